The molecule has 0 bridgehead atoms. The van der Waals surface area contributed by atoms with Gasteiger partial charge in [0, 0.05) is 23.6 Å². The van der Waals surface area contributed by atoms with E-state index in [9.17, 15) is 48.0 Å². The minimum Gasteiger partial charge on any atom is -0.508 e. The van der Waals surface area contributed by atoms with Crippen LogP contribution in [-0.2, 0) is 33.5 Å². The van der Waals surface area contributed by atoms with Gasteiger partial charge in [-0.25, -0.2) is 0 Å². The number of ketones is 2. The molecule has 42 heavy (non-hydrogen) atoms. The number of likely N-dealkylation sites (N-methyl/N-ethyl adjacent to an activating group) is 1. The van der Waals surface area contributed by atoms with Gasteiger partial charge >= 0.3 is 6.18 Å². The minimum atomic E-state index is -4.88. The van der Waals surface area contributed by atoms with Crippen molar-refractivity contribution in [2.24, 2.45) is 17.6 Å². The fraction of sp³-hybridized carbons (Fsp3) is 0.552. The van der Waals surface area contributed by atoms with Gasteiger partial charge in [-0.2, -0.15) is 13.2 Å². The highest BCUT2D eigenvalue weighted by Crippen LogP contribution is 2.55. The number of amides is 1. The Morgan fingerprint density at radius 1 is 1.17 bits per heavy atom. The predicted molar refractivity (Wildman–Crippen MR) is 143 cm³/mol. The van der Waals surface area contributed by atoms with E-state index in [2.05, 4.69) is 0 Å². The average molecular weight is 594 g/mol. The topological polar surface area (TPSA) is 165 Å². The number of nitrogens with two attached hydrogens (primary N) is 1. The lowest BCUT2D eigenvalue weighted by molar-refractivity contribution is -0.153. The summed E-state index contributed by atoms with van der Waals surface area (Å²) in [5.41, 5.74) is -1.44. The molecule has 0 spiro atoms. The highest BCUT2D eigenvalue weighted by Gasteiger charge is 2.64. The number of aromatic hydroxyl groups is 1. The summed E-state index contributed by atoms with van der Waals surface area (Å²) < 4.78 is 44.2. The number of benzene rings is 1. The molecule has 4 aliphatic carbocycles. The standard InChI is InChI=1S/C29H34F3N3O7/c1-5-35(27(2)6-7-27)11-13-10-16(36)18-14(20(13)29(30,31)32)8-12-9-15-21(34(3)4)23(38)19(26(33)41)25(40)28(15,42)24(39)17(12)22(18)37/h10,12,15,21,36-37,40,42H,5-9,11H2,1-4H3,(H2,33,41)/t12-,15-,21-,28-/m0/s1. The van der Waals surface area contributed by atoms with Gasteiger partial charge in [0.15, 0.2) is 11.4 Å². The summed E-state index contributed by atoms with van der Waals surface area (Å²) in [7, 11) is 2.89. The van der Waals surface area contributed by atoms with Crippen LogP contribution in [0.2, 0.25) is 0 Å². The number of aliphatic hydroxyl groups is 3. The Morgan fingerprint density at radius 3 is 2.29 bits per heavy atom. The van der Waals surface area contributed by atoms with Gasteiger partial charge in [0.1, 0.15) is 22.8 Å². The second-order valence-corrected chi connectivity index (χ2v) is 12.3. The zero-order chi connectivity index (χ0) is 31.3. The van der Waals surface area contributed by atoms with Crippen LogP contribution in [0.25, 0.3) is 5.76 Å². The average Bonchev–Trinajstić information content (AvgIpc) is 3.61. The third kappa shape index (κ3) is 4.15. The van der Waals surface area contributed by atoms with Crippen LogP contribution in [0.15, 0.2) is 23.0 Å². The van der Waals surface area contributed by atoms with Gasteiger partial charge in [-0.1, -0.05) is 6.92 Å². The van der Waals surface area contributed by atoms with Crippen molar-refractivity contribution in [2.75, 3.05) is 20.6 Å². The maximum Gasteiger partial charge on any atom is 0.417 e. The number of aliphatic hydroxyl groups excluding tert-OH is 2. The molecule has 2 fully saturated rings. The molecule has 6 N–H and O–H groups in total. The molecule has 5 rings (SSSR count). The number of Topliss-reactive ketones (excluding diaryl/α,β-unsaturated/α-hetero) is 2. The highest BCUT2D eigenvalue weighted by molar-refractivity contribution is 6.24. The first kappa shape index (κ1) is 30.1. The van der Waals surface area contributed by atoms with Crippen molar-refractivity contribution in [3.8, 4) is 5.75 Å². The molecule has 10 nitrogen and oxygen atoms in total. The third-order valence-corrected chi connectivity index (χ3v) is 9.57. The molecule has 4 aliphatic rings. The molecule has 1 aromatic carbocycles. The number of carbonyl (C=O) groups excluding carboxylic acids is 3. The predicted octanol–water partition coefficient (Wildman–Crippen LogP) is 2.36. The second kappa shape index (κ2) is 9.55. The van der Waals surface area contributed by atoms with Crippen molar-refractivity contribution >= 4 is 23.2 Å². The summed E-state index contributed by atoms with van der Waals surface area (Å²) in [5, 5.41) is 44.8. The lowest BCUT2D eigenvalue weighted by Crippen LogP contribution is -2.65. The number of halogens is 3. The summed E-state index contributed by atoms with van der Waals surface area (Å²) in [4.78, 5) is 42.4. The van der Waals surface area contributed by atoms with Crippen LogP contribution in [0.4, 0.5) is 13.2 Å². The smallest absolute Gasteiger partial charge is 0.417 e. The number of primary amides is 1. The molecule has 0 saturated heterocycles. The van der Waals surface area contributed by atoms with Crippen molar-refractivity contribution in [2.45, 2.75) is 69.4 Å². The van der Waals surface area contributed by atoms with Gasteiger partial charge in [0.2, 0.25) is 5.78 Å². The lowest BCUT2D eigenvalue weighted by Gasteiger charge is -2.50. The first-order valence-corrected chi connectivity index (χ1v) is 13.7. The molecular formula is C29H34F3N3O7. The lowest BCUT2D eigenvalue weighted by atomic mass is 9.57. The molecule has 0 radical (unpaired) electrons. The summed E-state index contributed by atoms with van der Waals surface area (Å²) >= 11 is 0. The number of phenols is 1. The number of alkyl halides is 3. The zero-order valence-corrected chi connectivity index (χ0v) is 23.7. The number of hydrogen-bond acceptors (Lipinski definition) is 9. The van der Waals surface area contributed by atoms with Crippen LogP contribution in [0, 0.1) is 11.8 Å². The fourth-order valence-electron chi connectivity index (χ4n) is 7.25. The Kier molecular flexibility index (Phi) is 6.83. The Labute approximate surface area is 239 Å². The summed E-state index contributed by atoms with van der Waals surface area (Å²) in [6, 6.07) is -0.385. The van der Waals surface area contributed by atoms with E-state index in [1.54, 1.807) is 0 Å². The molecule has 0 aromatic heterocycles. The van der Waals surface area contributed by atoms with Gasteiger partial charge in [0.25, 0.3) is 5.91 Å². The monoisotopic (exact) mass is 593 g/mol. The van der Waals surface area contributed by atoms with Gasteiger partial charge < -0.3 is 26.2 Å². The molecule has 2 saturated carbocycles. The maximum absolute atomic E-state index is 14.7. The summed E-state index contributed by atoms with van der Waals surface area (Å²) in [5.74, 6) is -8.97. The first-order valence-electron chi connectivity index (χ1n) is 13.7. The second-order valence-electron chi connectivity index (χ2n) is 12.3. The molecule has 4 atom stereocenters. The van der Waals surface area contributed by atoms with Gasteiger partial charge in [-0.05, 0) is 76.4 Å². The molecule has 13 heteroatoms. The van der Waals surface area contributed by atoms with Gasteiger partial charge in [0.05, 0.1) is 17.2 Å². The van der Waals surface area contributed by atoms with Crippen LogP contribution >= 0.6 is 0 Å². The van der Waals surface area contributed by atoms with Crippen LogP contribution in [0.3, 0.4) is 0 Å². The van der Waals surface area contributed by atoms with E-state index in [0.717, 1.165) is 18.9 Å². The quantitative estimate of drug-likeness (QED) is 0.312. The van der Waals surface area contributed by atoms with E-state index in [0.29, 0.717) is 6.54 Å². The Morgan fingerprint density at radius 2 is 1.79 bits per heavy atom. The zero-order valence-electron chi connectivity index (χ0n) is 23.7. The molecule has 1 aromatic rings. The number of rotatable bonds is 6. The first-order chi connectivity index (χ1) is 19.4. The molecule has 0 heterocycles. The van der Waals surface area contributed by atoms with Crippen molar-refractivity contribution in [3.63, 3.8) is 0 Å². The van der Waals surface area contributed by atoms with E-state index >= 15 is 0 Å². The SMILES string of the molecule is CCN(Cc1cc(O)c2c(c1C(F)(F)F)C[C@H]1C[C@H]3[C@H](N(C)C)C(=O)C(C(N)=O)=C(O)[C@@]3(O)C(=O)C1=C2O)C1(C)CC1. The normalized spacial score (nSPS) is 28.7. The number of carbonyl (C=O) groups is 3. The third-order valence-electron chi connectivity index (χ3n) is 9.57. The molecule has 0 aliphatic heterocycles. The van der Waals surface area contributed by atoms with Crippen molar-refractivity contribution in [1.82, 2.24) is 9.80 Å². The van der Waals surface area contributed by atoms with Crippen molar-refractivity contribution in [3.05, 3.63) is 45.2 Å². The minimum absolute atomic E-state index is 0.0994. The van der Waals surface area contributed by atoms with Crippen LogP contribution in [0.5, 0.6) is 5.75 Å². The fourth-order valence-corrected chi connectivity index (χ4v) is 7.25. The van der Waals surface area contributed by atoms with E-state index in [1.165, 1.54) is 19.0 Å². The van der Waals surface area contributed by atoms with Crippen LogP contribution in [0.1, 0.15) is 55.4 Å². The summed E-state index contributed by atoms with van der Waals surface area (Å²) in [6.07, 6.45) is -3.96. The number of fused-ring (bicyclic) bond motifs is 3. The van der Waals surface area contributed by atoms with Crippen LogP contribution < -0.4 is 5.73 Å². The largest absolute Gasteiger partial charge is 0.508 e. The van der Waals surface area contributed by atoms with Gasteiger partial charge in [-0.3, -0.25) is 24.2 Å². The number of hydrogen-bond donors (Lipinski definition) is 5. The molecular weight excluding hydrogens is 559 g/mol. The van der Waals surface area contributed by atoms with E-state index in [-0.39, 0.29) is 29.6 Å². The molecule has 0 unspecified atom stereocenters. The Bertz CT molecular complexity index is 1480. The van der Waals surface area contributed by atoms with Crippen molar-refractivity contribution < 1.29 is 48.0 Å². The maximum atomic E-state index is 14.7. The Hall–Kier alpha value is -3.42. The highest BCUT2D eigenvalue weighted by atomic mass is 19.4. The molecule has 1 amide bonds. The number of nitrogens with zero attached hydrogens (tertiary/aromatic N) is 2. The van der Waals surface area contributed by atoms with Gasteiger partial charge in [-0.15, -0.1) is 0 Å². The Balaban J connectivity index is 1.72. The van der Waals surface area contributed by atoms with E-state index in [1.807, 2.05) is 18.7 Å². The molecule has 228 valence electrons. The van der Waals surface area contributed by atoms with E-state index in [4.69, 9.17) is 5.73 Å². The van der Waals surface area contributed by atoms with Crippen molar-refractivity contribution in [1.29, 1.82) is 0 Å². The van der Waals surface area contributed by atoms with Crippen LogP contribution in [-0.4, -0.2) is 85.5 Å². The summed E-state index contributed by atoms with van der Waals surface area (Å²) in [6.45, 7) is 4.17. The number of phenolic OH excluding ortho intramolecular Hbond substituents is 1. The van der Waals surface area contributed by atoms with E-state index < -0.39 is 93.1 Å².